The van der Waals surface area contributed by atoms with Gasteiger partial charge in [-0.3, -0.25) is 0 Å². The van der Waals surface area contributed by atoms with E-state index in [2.05, 4.69) is 41.9 Å². The van der Waals surface area contributed by atoms with Crippen LogP contribution in [-0.2, 0) is 0 Å². The van der Waals surface area contributed by atoms with Gasteiger partial charge in [-0.25, -0.2) is 0 Å². The molecule has 0 radical (unpaired) electrons. The maximum atomic E-state index is 9.32. The van der Waals surface area contributed by atoms with Gasteiger partial charge < -0.3 is 0 Å². The SMILES string of the molecule is CC12C(Br)=C[C@@]3(C#N)C(C=C1C#N)C23C. The Morgan fingerprint density at radius 3 is 2.60 bits per heavy atom. The molecule has 4 atom stereocenters. The van der Waals surface area contributed by atoms with Gasteiger partial charge in [0.05, 0.1) is 17.6 Å². The fourth-order valence-electron chi connectivity index (χ4n) is 3.65. The molecule has 0 aromatic rings. The molecule has 0 saturated heterocycles. The third-order valence-corrected chi connectivity index (χ3v) is 5.96. The summed E-state index contributed by atoms with van der Waals surface area (Å²) in [6.45, 7) is 4.18. The summed E-state index contributed by atoms with van der Waals surface area (Å²) in [6.07, 6.45) is 4.01. The van der Waals surface area contributed by atoms with Crippen molar-refractivity contribution in [2.45, 2.75) is 13.8 Å². The molecule has 0 aliphatic heterocycles. The molecule has 3 heteroatoms. The highest BCUT2D eigenvalue weighted by atomic mass is 79.9. The third-order valence-electron chi connectivity index (χ3n) is 4.94. The Hall–Kier alpha value is -1.06. The largest absolute Gasteiger partial charge is 0.197 e. The van der Waals surface area contributed by atoms with Gasteiger partial charge in [-0.2, -0.15) is 10.5 Å². The molecular weight excluding hydrogens is 252 g/mol. The molecule has 0 amide bonds. The summed E-state index contributed by atoms with van der Waals surface area (Å²) in [6, 6.07) is 4.70. The summed E-state index contributed by atoms with van der Waals surface area (Å²) in [7, 11) is 0. The van der Waals surface area contributed by atoms with E-state index in [-0.39, 0.29) is 22.2 Å². The molecule has 3 aliphatic carbocycles. The molecule has 0 N–H and O–H groups in total. The molecule has 74 valence electrons. The summed E-state index contributed by atoms with van der Waals surface area (Å²) in [5, 5.41) is 18.4. The standard InChI is InChI=1S/C12H9BrN2/c1-10-7(5-14)3-8-11(10,2)12(8,6-15)4-9(10)13/h3-4,8H,1-2H3/t8?,10?,11?,12-/m1/s1. The first-order chi connectivity index (χ1) is 6.99. The maximum absolute atomic E-state index is 9.32. The number of nitriles is 2. The number of nitrogens with zero attached hydrogens (tertiary/aromatic N) is 2. The lowest BCUT2D eigenvalue weighted by molar-refractivity contribution is 0.303. The van der Waals surface area contributed by atoms with Crippen LogP contribution >= 0.6 is 15.9 Å². The Labute approximate surface area is 97.0 Å². The van der Waals surface area contributed by atoms with Gasteiger partial charge in [0.1, 0.15) is 0 Å². The van der Waals surface area contributed by atoms with Gasteiger partial charge in [0.15, 0.2) is 0 Å². The molecule has 3 rings (SSSR count). The zero-order valence-electron chi connectivity index (χ0n) is 8.50. The molecule has 3 unspecified atom stereocenters. The normalized spacial score (nSPS) is 53.8. The van der Waals surface area contributed by atoms with Gasteiger partial charge in [0.25, 0.3) is 0 Å². The van der Waals surface area contributed by atoms with Crippen LogP contribution in [0.25, 0.3) is 0 Å². The van der Waals surface area contributed by atoms with Crippen LogP contribution in [-0.4, -0.2) is 0 Å². The van der Waals surface area contributed by atoms with Gasteiger partial charge in [0, 0.05) is 26.8 Å². The minimum Gasteiger partial charge on any atom is -0.197 e. The van der Waals surface area contributed by atoms with Crippen molar-refractivity contribution in [1.29, 1.82) is 10.5 Å². The highest BCUT2D eigenvalue weighted by Gasteiger charge is 2.86. The van der Waals surface area contributed by atoms with Crippen LogP contribution < -0.4 is 0 Å². The maximum Gasteiger partial charge on any atom is 0.0953 e. The highest BCUT2D eigenvalue weighted by molar-refractivity contribution is 9.11. The predicted molar refractivity (Wildman–Crippen MR) is 58.5 cm³/mol. The van der Waals surface area contributed by atoms with Crippen molar-refractivity contribution >= 4 is 15.9 Å². The average molecular weight is 261 g/mol. The van der Waals surface area contributed by atoms with Crippen LogP contribution in [0.2, 0.25) is 0 Å². The van der Waals surface area contributed by atoms with Crippen molar-refractivity contribution in [2.24, 2.45) is 22.2 Å². The molecule has 15 heavy (non-hydrogen) atoms. The molecule has 0 heterocycles. The fraction of sp³-hybridized carbons (Fsp3) is 0.500. The Kier molecular flexibility index (Phi) is 1.26. The zero-order valence-corrected chi connectivity index (χ0v) is 10.1. The van der Waals surface area contributed by atoms with Crippen LogP contribution in [0, 0.1) is 44.8 Å². The Morgan fingerprint density at radius 1 is 1.40 bits per heavy atom. The minimum atomic E-state index is -0.360. The lowest BCUT2D eigenvalue weighted by Crippen LogP contribution is -2.26. The minimum absolute atomic E-state index is 0.0986. The number of allylic oxidation sites excluding steroid dienone is 4. The number of rotatable bonds is 0. The number of hydrogen-bond donors (Lipinski definition) is 0. The Balaban J connectivity index is 2.32. The van der Waals surface area contributed by atoms with Crippen LogP contribution in [0.3, 0.4) is 0 Å². The average Bonchev–Trinajstić information content (AvgIpc) is 2.58. The Bertz CT molecular complexity index is 533. The van der Waals surface area contributed by atoms with Gasteiger partial charge in [-0.15, -0.1) is 0 Å². The second-order valence-electron chi connectivity index (χ2n) is 4.97. The van der Waals surface area contributed by atoms with Crippen LogP contribution in [0.4, 0.5) is 0 Å². The van der Waals surface area contributed by atoms with E-state index in [0.29, 0.717) is 0 Å². The molecule has 1 fully saturated rings. The van der Waals surface area contributed by atoms with Gasteiger partial charge in [-0.05, 0) is 6.92 Å². The van der Waals surface area contributed by atoms with E-state index in [0.717, 1.165) is 10.1 Å². The third kappa shape index (κ3) is 0.553. The Morgan fingerprint density at radius 2 is 2.07 bits per heavy atom. The van der Waals surface area contributed by atoms with E-state index in [1.165, 1.54) is 0 Å². The van der Waals surface area contributed by atoms with E-state index >= 15 is 0 Å². The summed E-state index contributed by atoms with van der Waals surface area (Å²) >= 11 is 3.53. The lowest BCUT2D eigenvalue weighted by atomic mass is 9.72. The van der Waals surface area contributed by atoms with E-state index in [9.17, 15) is 5.26 Å². The molecule has 0 aromatic carbocycles. The van der Waals surface area contributed by atoms with Crippen molar-refractivity contribution < 1.29 is 0 Å². The molecule has 3 aliphatic rings. The second kappa shape index (κ2) is 2.06. The summed E-state index contributed by atoms with van der Waals surface area (Å²) < 4.78 is 1.00. The van der Waals surface area contributed by atoms with Crippen molar-refractivity contribution in [3.05, 3.63) is 22.2 Å². The van der Waals surface area contributed by atoms with Crippen molar-refractivity contribution in [3.63, 3.8) is 0 Å². The van der Waals surface area contributed by atoms with Crippen molar-refractivity contribution in [2.75, 3.05) is 0 Å². The molecule has 1 saturated carbocycles. The lowest BCUT2D eigenvalue weighted by Gasteiger charge is -2.30. The molecule has 2 nitrogen and oxygen atoms in total. The second-order valence-corrected chi connectivity index (χ2v) is 5.82. The van der Waals surface area contributed by atoms with Crippen LogP contribution in [0.5, 0.6) is 0 Å². The molecule has 0 aromatic heterocycles. The quantitative estimate of drug-likeness (QED) is 0.673. The van der Waals surface area contributed by atoms with Gasteiger partial charge in [-0.1, -0.05) is 35.0 Å². The monoisotopic (exact) mass is 260 g/mol. The topological polar surface area (TPSA) is 47.6 Å². The first kappa shape index (κ1) is 9.19. The first-order valence-corrected chi connectivity index (χ1v) is 5.71. The summed E-state index contributed by atoms with van der Waals surface area (Å²) in [5.74, 6) is 0.232. The molecule has 0 bridgehead atoms. The number of halogens is 1. The van der Waals surface area contributed by atoms with Crippen molar-refractivity contribution in [1.82, 2.24) is 0 Å². The number of fused-ring (bicyclic) bond motifs is 1. The van der Waals surface area contributed by atoms with Crippen LogP contribution in [0.15, 0.2) is 22.2 Å². The summed E-state index contributed by atoms with van der Waals surface area (Å²) in [4.78, 5) is 0. The first-order valence-electron chi connectivity index (χ1n) is 4.91. The van der Waals surface area contributed by atoms with E-state index < -0.39 is 0 Å². The van der Waals surface area contributed by atoms with Crippen LogP contribution in [0.1, 0.15) is 13.8 Å². The van der Waals surface area contributed by atoms with E-state index in [4.69, 9.17) is 5.26 Å². The summed E-state index contributed by atoms with van der Waals surface area (Å²) in [5.41, 5.74) is 0.0725. The number of hydrogen-bond acceptors (Lipinski definition) is 2. The van der Waals surface area contributed by atoms with Crippen molar-refractivity contribution in [3.8, 4) is 12.1 Å². The van der Waals surface area contributed by atoms with Gasteiger partial charge in [0.2, 0.25) is 0 Å². The molecular formula is C12H9BrN2. The predicted octanol–water partition coefficient (Wildman–Crippen LogP) is 2.89. The fourth-order valence-corrected chi connectivity index (χ4v) is 4.63. The molecule has 0 spiro atoms. The highest BCUT2D eigenvalue weighted by Crippen LogP contribution is 2.88. The van der Waals surface area contributed by atoms with E-state index in [1.54, 1.807) is 0 Å². The zero-order chi connectivity index (χ0) is 11.1. The van der Waals surface area contributed by atoms with Gasteiger partial charge >= 0.3 is 0 Å². The van der Waals surface area contributed by atoms with E-state index in [1.807, 2.05) is 12.2 Å². The smallest absolute Gasteiger partial charge is 0.0953 e.